The van der Waals surface area contributed by atoms with E-state index in [2.05, 4.69) is 16.7 Å². The zero-order chi connectivity index (χ0) is 19.7. The number of hydroxylamine groups is 1. The van der Waals surface area contributed by atoms with Crippen LogP contribution in [0, 0.1) is 11.3 Å². The van der Waals surface area contributed by atoms with Crippen LogP contribution < -0.4 is 20.9 Å². The van der Waals surface area contributed by atoms with Gasteiger partial charge >= 0.3 is 0 Å². The van der Waals surface area contributed by atoms with E-state index in [0.717, 1.165) is 36.3 Å². The lowest BCUT2D eigenvalue weighted by Crippen LogP contribution is -2.59. The van der Waals surface area contributed by atoms with E-state index in [1.54, 1.807) is 12.6 Å². The van der Waals surface area contributed by atoms with Crippen molar-refractivity contribution in [3.05, 3.63) is 35.9 Å². The lowest BCUT2D eigenvalue weighted by atomic mass is 9.78. The molecule has 2 heterocycles. The van der Waals surface area contributed by atoms with Crippen LogP contribution in [-0.4, -0.2) is 49.2 Å². The van der Waals surface area contributed by atoms with E-state index in [1.807, 2.05) is 24.3 Å². The summed E-state index contributed by atoms with van der Waals surface area (Å²) in [6.45, 7) is 1.35. The predicted octanol–water partition coefficient (Wildman–Crippen LogP) is 1.27. The lowest BCUT2D eigenvalue weighted by molar-refractivity contribution is -0.140. The number of ether oxygens (including phenoxy) is 1. The summed E-state index contributed by atoms with van der Waals surface area (Å²) in [5.41, 5.74) is 4.01. The van der Waals surface area contributed by atoms with Crippen LogP contribution in [0.3, 0.4) is 0 Å². The number of rotatable bonds is 5. The standard InChI is InChI=1S/C21H27N3O4/c1-28-15-4-2-3-13(9-15)14-5-8-22-17(10-14)19(25)18-16(20(26)24-27)11-21(6-7-21)12-23-18/h2-5,9,16-18,22-23,27H,6-8,10-12H2,1H3,(H,24,26). The Labute approximate surface area is 164 Å². The summed E-state index contributed by atoms with van der Waals surface area (Å²) < 4.78 is 5.31. The van der Waals surface area contributed by atoms with Gasteiger partial charge in [0.25, 0.3) is 0 Å². The highest BCUT2D eigenvalue weighted by atomic mass is 16.5. The summed E-state index contributed by atoms with van der Waals surface area (Å²) in [7, 11) is 1.63. The van der Waals surface area contributed by atoms with Crippen molar-refractivity contribution in [1.29, 1.82) is 0 Å². The number of ketones is 1. The third kappa shape index (κ3) is 3.70. The molecule has 0 radical (unpaired) electrons. The van der Waals surface area contributed by atoms with Gasteiger partial charge in [0.1, 0.15) is 5.75 Å². The van der Waals surface area contributed by atoms with E-state index in [1.165, 1.54) is 0 Å². The SMILES string of the molecule is COc1cccc(C2=CCNC(C(=O)C3NCC4(CC4)CC3C(=O)NO)C2)c1. The number of carbonyl (C=O) groups is 2. The number of hydrogen-bond acceptors (Lipinski definition) is 6. The Hall–Kier alpha value is -2.22. The molecule has 2 aliphatic heterocycles. The average Bonchev–Trinajstić information content (AvgIpc) is 3.51. The van der Waals surface area contributed by atoms with Crippen molar-refractivity contribution in [2.24, 2.45) is 11.3 Å². The molecule has 1 saturated carbocycles. The maximum absolute atomic E-state index is 13.3. The molecule has 4 N–H and O–H groups in total. The van der Waals surface area contributed by atoms with Crippen molar-refractivity contribution in [2.75, 3.05) is 20.2 Å². The topological polar surface area (TPSA) is 99.7 Å². The molecule has 1 amide bonds. The van der Waals surface area contributed by atoms with E-state index in [0.29, 0.717) is 19.4 Å². The first kappa shape index (κ1) is 19.1. The second kappa shape index (κ2) is 7.66. The second-order valence-electron chi connectivity index (χ2n) is 8.17. The molecule has 3 atom stereocenters. The maximum atomic E-state index is 13.3. The Morgan fingerprint density at radius 3 is 2.82 bits per heavy atom. The van der Waals surface area contributed by atoms with Crippen molar-refractivity contribution in [3.63, 3.8) is 0 Å². The molecule has 28 heavy (non-hydrogen) atoms. The Kier molecular flexibility index (Phi) is 5.23. The summed E-state index contributed by atoms with van der Waals surface area (Å²) >= 11 is 0. The van der Waals surface area contributed by atoms with Gasteiger partial charge in [-0.05, 0) is 54.4 Å². The van der Waals surface area contributed by atoms with Crippen LogP contribution in [0.25, 0.3) is 5.57 Å². The number of nitrogens with one attached hydrogen (secondary N) is 3. The molecule has 1 spiro atoms. The monoisotopic (exact) mass is 385 g/mol. The first-order valence-corrected chi connectivity index (χ1v) is 9.83. The number of benzene rings is 1. The molecule has 1 aromatic rings. The van der Waals surface area contributed by atoms with Gasteiger partial charge in [0.15, 0.2) is 5.78 Å². The Morgan fingerprint density at radius 2 is 2.11 bits per heavy atom. The maximum Gasteiger partial charge on any atom is 0.248 e. The molecule has 0 bridgehead atoms. The predicted molar refractivity (Wildman–Crippen MR) is 104 cm³/mol. The van der Waals surface area contributed by atoms with Gasteiger partial charge in [-0.15, -0.1) is 0 Å². The Bertz CT molecular complexity index is 803. The fourth-order valence-electron chi connectivity index (χ4n) is 4.49. The summed E-state index contributed by atoms with van der Waals surface area (Å²) in [6.07, 6.45) is 5.43. The summed E-state index contributed by atoms with van der Waals surface area (Å²) in [6, 6.07) is 6.86. The number of carbonyl (C=O) groups excluding carboxylic acids is 2. The summed E-state index contributed by atoms with van der Waals surface area (Å²) in [4.78, 5) is 25.5. The largest absolute Gasteiger partial charge is 0.497 e. The number of piperidine rings is 1. The van der Waals surface area contributed by atoms with Crippen LogP contribution in [0.5, 0.6) is 5.75 Å². The normalized spacial score (nSPS) is 28.4. The molecule has 4 rings (SSSR count). The highest BCUT2D eigenvalue weighted by Gasteiger charge is 2.52. The number of amides is 1. The fourth-order valence-corrected chi connectivity index (χ4v) is 4.49. The zero-order valence-corrected chi connectivity index (χ0v) is 16.0. The molecule has 7 heteroatoms. The molecular weight excluding hydrogens is 358 g/mol. The average molecular weight is 385 g/mol. The minimum atomic E-state index is -0.583. The highest BCUT2D eigenvalue weighted by Crippen LogP contribution is 2.52. The van der Waals surface area contributed by atoms with Crippen molar-refractivity contribution in [3.8, 4) is 5.75 Å². The molecule has 3 aliphatic rings. The van der Waals surface area contributed by atoms with Crippen molar-refractivity contribution in [2.45, 2.75) is 37.8 Å². The van der Waals surface area contributed by atoms with E-state index < -0.39 is 17.9 Å². The molecule has 7 nitrogen and oxygen atoms in total. The highest BCUT2D eigenvalue weighted by molar-refractivity contribution is 5.96. The molecule has 0 aromatic heterocycles. The summed E-state index contributed by atoms with van der Waals surface area (Å²) in [5.74, 6) is -0.251. The zero-order valence-electron chi connectivity index (χ0n) is 16.0. The molecular formula is C21H27N3O4. The molecule has 1 aromatic carbocycles. The van der Waals surface area contributed by atoms with Gasteiger partial charge in [-0.25, -0.2) is 5.48 Å². The van der Waals surface area contributed by atoms with E-state index in [-0.39, 0.29) is 17.2 Å². The first-order valence-electron chi connectivity index (χ1n) is 9.83. The van der Waals surface area contributed by atoms with E-state index in [4.69, 9.17) is 9.94 Å². The quantitative estimate of drug-likeness (QED) is 0.450. The van der Waals surface area contributed by atoms with Crippen LogP contribution in [0.2, 0.25) is 0 Å². The number of hydrogen-bond donors (Lipinski definition) is 4. The minimum Gasteiger partial charge on any atom is -0.497 e. The van der Waals surface area contributed by atoms with Crippen LogP contribution in [0.15, 0.2) is 30.3 Å². The van der Waals surface area contributed by atoms with Gasteiger partial charge in [-0.3, -0.25) is 14.8 Å². The van der Waals surface area contributed by atoms with Crippen molar-refractivity contribution >= 4 is 17.3 Å². The van der Waals surface area contributed by atoms with Gasteiger partial charge in [0.05, 0.1) is 25.1 Å². The minimum absolute atomic E-state index is 0.0161. The number of methoxy groups -OCH3 is 1. The van der Waals surface area contributed by atoms with Crippen LogP contribution in [0.1, 0.15) is 31.2 Å². The number of Topliss-reactive ketones (excluding diaryl/α,β-unsaturated/α-hetero) is 1. The summed E-state index contributed by atoms with van der Waals surface area (Å²) in [5, 5.41) is 15.7. The molecule has 1 saturated heterocycles. The molecule has 2 fully saturated rings. The first-order chi connectivity index (χ1) is 13.5. The Morgan fingerprint density at radius 1 is 1.29 bits per heavy atom. The van der Waals surface area contributed by atoms with Crippen LogP contribution in [0.4, 0.5) is 0 Å². The van der Waals surface area contributed by atoms with E-state index in [9.17, 15) is 9.59 Å². The van der Waals surface area contributed by atoms with Gasteiger partial charge in [0, 0.05) is 13.1 Å². The third-order valence-electron chi connectivity index (χ3n) is 6.38. The van der Waals surface area contributed by atoms with E-state index >= 15 is 0 Å². The molecule has 3 unspecified atom stereocenters. The second-order valence-corrected chi connectivity index (χ2v) is 8.17. The third-order valence-corrected chi connectivity index (χ3v) is 6.38. The molecule has 1 aliphatic carbocycles. The van der Waals surface area contributed by atoms with Gasteiger partial charge in [-0.2, -0.15) is 0 Å². The van der Waals surface area contributed by atoms with Gasteiger partial charge in [0.2, 0.25) is 5.91 Å². The van der Waals surface area contributed by atoms with Gasteiger partial charge in [-0.1, -0.05) is 18.2 Å². The van der Waals surface area contributed by atoms with Crippen LogP contribution in [-0.2, 0) is 9.59 Å². The van der Waals surface area contributed by atoms with Crippen LogP contribution >= 0.6 is 0 Å². The lowest BCUT2D eigenvalue weighted by Gasteiger charge is -2.37. The van der Waals surface area contributed by atoms with Crippen molar-refractivity contribution in [1.82, 2.24) is 16.1 Å². The smallest absolute Gasteiger partial charge is 0.248 e. The molecule has 150 valence electrons. The Balaban J connectivity index is 1.49. The van der Waals surface area contributed by atoms with Crippen molar-refractivity contribution < 1.29 is 19.5 Å². The fraction of sp³-hybridized carbons (Fsp3) is 0.524. The van der Waals surface area contributed by atoms with Gasteiger partial charge < -0.3 is 15.4 Å².